The van der Waals surface area contributed by atoms with Gasteiger partial charge in [0.1, 0.15) is 22.2 Å². The van der Waals surface area contributed by atoms with E-state index in [0.717, 1.165) is 36.4 Å². The van der Waals surface area contributed by atoms with Crippen LogP contribution in [0.3, 0.4) is 0 Å². The molecule has 0 radical (unpaired) electrons. The summed E-state index contributed by atoms with van der Waals surface area (Å²) in [5.74, 6) is 1.58. The summed E-state index contributed by atoms with van der Waals surface area (Å²) in [5, 5.41) is 0. The Balaban J connectivity index is 1.77. The summed E-state index contributed by atoms with van der Waals surface area (Å²) in [4.78, 5) is 6.93. The third-order valence-electron chi connectivity index (χ3n) is 5.02. The number of sulfonamides is 1. The zero-order valence-corrected chi connectivity index (χ0v) is 19.3. The highest BCUT2D eigenvalue weighted by Crippen LogP contribution is 2.28. The number of benzene rings is 2. The number of para-hydroxylation sites is 2. The summed E-state index contributed by atoms with van der Waals surface area (Å²) in [6.45, 7) is 2.01. The molecule has 0 amide bonds. The lowest BCUT2D eigenvalue weighted by atomic mass is 10.3. The molecule has 8 nitrogen and oxygen atoms in total. The third-order valence-corrected chi connectivity index (χ3v) is 6.50. The molecular formula is C22H30N4O4S. The number of nitrogens with zero attached hydrogens (tertiary/aromatic N) is 3. The van der Waals surface area contributed by atoms with Gasteiger partial charge in [0.25, 0.3) is 0 Å². The molecule has 0 aliphatic carbocycles. The quantitative estimate of drug-likeness (QED) is 0.487. The Bertz CT molecular complexity index is 1130. The van der Waals surface area contributed by atoms with Crippen molar-refractivity contribution in [1.29, 1.82) is 0 Å². The van der Waals surface area contributed by atoms with Gasteiger partial charge in [0.15, 0.2) is 0 Å². The van der Waals surface area contributed by atoms with Gasteiger partial charge in [0.05, 0.1) is 25.3 Å². The maximum absolute atomic E-state index is 12.9. The standard InChI is InChI=1S/C22H30N4O4S/c1-25(2)14-7-15-26-19-9-6-5-8-18(19)24-22(26)12-13-23-31(27,28)21-16-17(29-3)10-11-20(21)30-4/h5-6,8-11,16,23H,7,12-15H2,1-4H3. The van der Waals surface area contributed by atoms with Gasteiger partial charge in [0.2, 0.25) is 10.0 Å². The first-order valence-corrected chi connectivity index (χ1v) is 11.6. The van der Waals surface area contributed by atoms with Crippen LogP contribution in [-0.2, 0) is 23.0 Å². The number of rotatable bonds is 11. The summed E-state index contributed by atoms with van der Waals surface area (Å²) < 4.78 is 41.0. The molecule has 0 atom stereocenters. The first-order chi connectivity index (χ1) is 14.9. The van der Waals surface area contributed by atoms with Crippen LogP contribution in [0.1, 0.15) is 12.2 Å². The summed E-state index contributed by atoms with van der Waals surface area (Å²) in [5.41, 5.74) is 1.98. The summed E-state index contributed by atoms with van der Waals surface area (Å²) in [7, 11) is 3.26. The van der Waals surface area contributed by atoms with Crippen LogP contribution in [0.15, 0.2) is 47.4 Å². The molecule has 0 aliphatic heterocycles. The first-order valence-electron chi connectivity index (χ1n) is 10.2. The Hall–Kier alpha value is -2.62. The molecule has 0 bridgehead atoms. The molecule has 1 N–H and O–H groups in total. The van der Waals surface area contributed by atoms with Crippen LogP contribution < -0.4 is 14.2 Å². The number of ether oxygens (including phenoxy) is 2. The van der Waals surface area contributed by atoms with Crippen LogP contribution in [-0.4, -0.2) is 64.3 Å². The van der Waals surface area contributed by atoms with Crippen LogP contribution in [0.4, 0.5) is 0 Å². The van der Waals surface area contributed by atoms with Crippen molar-refractivity contribution >= 4 is 21.1 Å². The Labute approximate surface area is 183 Å². The molecule has 9 heteroatoms. The maximum Gasteiger partial charge on any atom is 0.244 e. The molecule has 3 rings (SSSR count). The van der Waals surface area contributed by atoms with E-state index in [0.29, 0.717) is 12.2 Å². The molecule has 1 heterocycles. The summed E-state index contributed by atoms with van der Waals surface area (Å²) in [6, 6.07) is 12.7. The molecule has 0 saturated heterocycles. The maximum atomic E-state index is 12.9. The fourth-order valence-corrected chi connectivity index (χ4v) is 4.69. The Morgan fingerprint density at radius 3 is 2.58 bits per heavy atom. The largest absolute Gasteiger partial charge is 0.497 e. The molecular weight excluding hydrogens is 416 g/mol. The number of nitrogens with one attached hydrogen (secondary N) is 1. The van der Waals surface area contributed by atoms with Gasteiger partial charge < -0.3 is 18.9 Å². The van der Waals surface area contributed by atoms with Gasteiger partial charge in [-0.2, -0.15) is 0 Å². The number of fused-ring (bicyclic) bond motifs is 1. The number of hydrogen-bond acceptors (Lipinski definition) is 6. The molecule has 0 unspecified atom stereocenters. The number of imidazole rings is 1. The summed E-state index contributed by atoms with van der Waals surface area (Å²) >= 11 is 0. The van der Waals surface area contributed by atoms with E-state index in [4.69, 9.17) is 14.5 Å². The minimum absolute atomic E-state index is 0.0498. The second-order valence-corrected chi connectivity index (χ2v) is 9.23. The van der Waals surface area contributed by atoms with E-state index in [-0.39, 0.29) is 17.2 Å². The molecule has 3 aromatic rings. The highest BCUT2D eigenvalue weighted by Gasteiger charge is 2.21. The van der Waals surface area contributed by atoms with Crippen LogP contribution in [0.5, 0.6) is 11.5 Å². The zero-order chi connectivity index (χ0) is 22.4. The van der Waals surface area contributed by atoms with E-state index in [9.17, 15) is 8.42 Å². The zero-order valence-electron chi connectivity index (χ0n) is 18.5. The number of hydrogen-bond donors (Lipinski definition) is 1. The highest BCUT2D eigenvalue weighted by molar-refractivity contribution is 7.89. The molecule has 0 fully saturated rings. The first kappa shape index (κ1) is 23.1. The lowest BCUT2D eigenvalue weighted by Crippen LogP contribution is -2.27. The topological polar surface area (TPSA) is 85.7 Å². The molecule has 31 heavy (non-hydrogen) atoms. The number of aryl methyl sites for hydroxylation is 1. The van der Waals surface area contributed by atoms with Crippen molar-refractivity contribution in [2.45, 2.75) is 24.3 Å². The lowest BCUT2D eigenvalue weighted by molar-refractivity contribution is 0.386. The predicted octanol–water partition coefficient (Wildman–Crippen LogP) is 2.53. The van der Waals surface area contributed by atoms with Crippen molar-refractivity contribution in [3.8, 4) is 11.5 Å². The summed E-state index contributed by atoms with van der Waals surface area (Å²) in [6.07, 6.45) is 1.45. The SMILES string of the molecule is COc1ccc(OC)c(S(=O)(=O)NCCc2nc3ccccc3n2CCCN(C)C)c1. The van der Waals surface area contributed by atoms with Gasteiger partial charge in [-0.05, 0) is 51.3 Å². The Kier molecular flexibility index (Phi) is 7.53. The van der Waals surface area contributed by atoms with Crippen molar-refractivity contribution in [3.05, 3.63) is 48.3 Å². The third kappa shape index (κ3) is 5.55. The lowest BCUT2D eigenvalue weighted by Gasteiger charge is -2.14. The second-order valence-electron chi connectivity index (χ2n) is 7.49. The minimum Gasteiger partial charge on any atom is -0.497 e. The Morgan fingerprint density at radius 1 is 1.10 bits per heavy atom. The second kappa shape index (κ2) is 10.1. The molecule has 2 aromatic carbocycles. The molecule has 0 aliphatic rings. The molecule has 0 spiro atoms. The smallest absolute Gasteiger partial charge is 0.244 e. The van der Waals surface area contributed by atoms with Gasteiger partial charge in [-0.1, -0.05) is 12.1 Å². The van der Waals surface area contributed by atoms with Crippen LogP contribution in [0, 0.1) is 0 Å². The van der Waals surface area contributed by atoms with E-state index >= 15 is 0 Å². The molecule has 1 aromatic heterocycles. The van der Waals surface area contributed by atoms with Crippen LogP contribution in [0.25, 0.3) is 11.0 Å². The average Bonchev–Trinajstić information content (AvgIpc) is 3.10. The van der Waals surface area contributed by atoms with E-state index < -0.39 is 10.0 Å². The highest BCUT2D eigenvalue weighted by atomic mass is 32.2. The molecule has 168 valence electrons. The van der Waals surface area contributed by atoms with Crippen LogP contribution in [0.2, 0.25) is 0 Å². The van der Waals surface area contributed by atoms with E-state index in [1.54, 1.807) is 12.1 Å². The van der Waals surface area contributed by atoms with Gasteiger partial charge in [-0.15, -0.1) is 0 Å². The van der Waals surface area contributed by atoms with Gasteiger partial charge >= 0.3 is 0 Å². The van der Waals surface area contributed by atoms with Crippen molar-refractivity contribution in [2.24, 2.45) is 0 Å². The van der Waals surface area contributed by atoms with Crippen molar-refractivity contribution in [2.75, 3.05) is 41.4 Å². The molecule has 0 saturated carbocycles. The monoisotopic (exact) mass is 446 g/mol. The fourth-order valence-electron chi connectivity index (χ4n) is 3.48. The van der Waals surface area contributed by atoms with E-state index in [1.807, 2.05) is 24.3 Å². The van der Waals surface area contributed by atoms with Gasteiger partial charge in [-0.3, -0.25) is 0 Å². The number of aromatic nitrogens is 2. The van der Waals surface area contributed by atoms with Crippen molar-refractivity contribution in [1.82, 2.24) is 19.2 Å². The predicted molar refractivity (Wildman–Crippen MR) is 121 cm³/mol. The average molecular weight is 447 g/mol. The van der Waals surface area contributed by atoms with Crippen molar-refractivity contribution in [3.63, 3.8) is 0 Å². The van der Waals surface area contributed by atoms with Crippen molar-refractivity contribution < 1.29 is 17.9 Å². The van der Waals surface area contributed by atoms with E-state index in [2.05, 4.69) is 28.3 Å². The van der Waals surface area contributed by atoms with Gasteiger partial charge in [0, 0.05) is 25.6 Å². The normalized spacial score (nSPS) is 11.9. The van der Waals surface area contributed by atoms with Crippen LogP contribution >= 0.6 is 0 Å². The minimum atomic E-state index is -3.78. The van der Waals surface area contributed by atoms with Gasteiger partial charge in [-0.25, -0.2) is 18.1 Å². The Morgan fingerprint density at radius 2 is 1.87 bits per heavy atom. The number of methoxy groups -OCH3 is 2. The van der Waals surface area contributed by atoms with E-state index in [1.165, 1.54) is 20.3 Å². The fraction of sp³-hybridized carbons (Fsp3) is 0.409.